The van der Waals surface area contributed by atoms with Crippen LogP contribution in [0.1, 0.15) is 12.0 Å². The summed E-state index contributed by atoms with van der Waals surface area (Å²) in [5.74, 6) is 0.139. The fourth-order valence-corrected chi connectivity index (χ4v) is 5.52. The van der Waals surface area contributed by atoms with E-state index in [0.717, 1.165) is 6.42 Å². The van der Waals surface area contributed by atoms with Gasteiger partial charge in [-0.1, -0.05) is 17.7 Å². The molecule has 0 unspecified atom stereocenters. The molecule has 2 heterocycles. The van der Waals surface area contributed by atoms with Gasteiger partial charge in [0.1, 0.15) is 0 Å². The van der Waals surface area contributed by atoms with E-state index in [9.17, 15) is 13.5 Å². The molecule has 122 valence electrons. The van der Waals surface area contributed by atoms with E-state index in [1.165, 1.54) is 4.31 Å². The molecular formula is C15H20ClNO4S. The van der Waals surface area contributed by atoms with Gasteiger partial charge >= 0.3 is 0 Å². The SMILES string of the molecule is Cc1c(Cl)cccc1S(=O)(=O)N1C[C@@H]2CCOC[C@]2(CO)C1. The van der Waals surface area contributed by atoms with Crippen molar-refractivity contribution in [2.24, 2.45) is 11.3 Å². The first-order chi connectivity index (χ1) is 10.4. The summed E-state index contributed by atoms with van der Waals surface area (Å²) in [6, 6.07) is 4.92. The number of benzene rings is 1. The van der Waals surface area contributed by atoms with Crippen LogP contribution in [0.15, 0.2) is 23.1 Å². The van der Waals surface area contributed by atoms with Crippen LogP contribution in [0.3, 0.4) is 0 Å². The lowest BCUT2D eigenvalue weighted by molar-refractivity contribution is -0.0552. The van der Waals surface area contributed by atoms with Crippen LogP contribution in [0.4, 0.5) is 0 Å². The van der Waals surface area contributed by atoms with Crippen molar-refractivity contribution in [2.75, 3.05) is 32.9 Å². The van der Waals surface area contributed by atoms with Crippen molar-refractivity contribution in [2.45, 2.75) is 18.2 Å². The van der Waals surface area contributed by atoms with Gasteiger partial charge in [0.2, 0.25) is 10.0 Å². The smallest absolute Gasteiger partial charge is 0.243 e. The molecule has 0 aromatic heterocycles. The molecule has 2 atom stereocenters. The average molecular weight is 346 g/mol. The minimum atomic E-state index is -3.62. The normalized spacial score (nSPS) is 29.5. The summed E-state index contributed by atoms with van der Waals surface area (Å²) in [6.45, 7) is 3.41. The monoisotopic (exact) mass is 345 g/mol. The van der Waals surface area contributed by atoms with Crippen molar-refractivity contribution in [3.05, 3.63) is 28.8 Å². The van der Waals surface area contributed by atoms with Crippen LogP contribution in [0, 0.1) is 18.3 Å². The molecule has 0 radical (unpaired) electrons. The second-order valence-electron chi connectivity index (χ2n) is 6.22. The predicted molar refractivity (Wildman–Crippen MR) is 83.4 cm³/mol. The number of halogens is 1. The van der Waals surface area contributed by atoms with E-state index in [-0.39, 0.29) is 17.4 Å². The number of fused-ring (bicyclic) bond motifs is 1. The molecule has 0 bridgehead atoms. The first kappa shape index (κ1) is 16.2. The quantitative estimate of drug-likeness (QED) is 0.905. The molecule has 0 saturated carbocycles. The zero-order valence-corrected chi connectivity index (χ0v) is 14.0. The zero-order valence-electron chi connectivity index (χ0n) is 12.5. The van der Waals surface area contributed by atoms with Crippen LogP contribution in [-0.2, 0) is 14.8 Å². The summed E-state index contributed by atoms with van der Waals surface area (Å²) < 4.78 is 32.9. The summed E-state index contributed by atoms with van der Waals surface area (Å²) in [5, 5.41) is 10.2. The number of nitrogens with zero attached hydrogens (tertiary/aromatic N) is 1. The largest absolute Gasteiger partial charge is 0.396 e. The van der Waals surface area contributed by atoms with Gasteiger partial charge < -0.3 is 9.84 Å². The van der Waals surface area contributed by atoms with E-state index in [1.807, 2.05) is 0 Å². The van der Waals surface area contributed by atoms with Gasteiger partial charge in [-0.2, -0.15) is 4.31 Å². The lowest BCUT2D eigenvalue weighted by atomic mass is 9.76. The molecule has 22 heavy (non-hydrogen) atoms. The molecule has 1 aromatic rings. The molecule has 2 aliphatic rings. The number of hydrogen-bond donors (Lipinski definition) is 1. The number of hydrogen-bond acceptors (Lipinski definition) is 4. The van der Waals surface area contributed by atoms with Gasteiger partial charge in [-0.05, 0) is 37.0 Å². The minimum absolute atomic E-state index is 0.0573. The van der Waals surface area contributed by atoms with Gasteiger partial charge in [-0.15, -0.1) is 0 Å². The first-order valence-electron chi connectivity index (χ1n) is 7.34. The van der Waals surface area contributed by atoms with Crippen molar-refractivity contribution >= 4 is 21.6 Å². The Balaban J connectivity index is 1.96. The van der Waals surface area contributed by atoms with Crippen LogP contribution in [0.5, 0.6) is 0 Å². The van der Waals surface area contributed by atoms with E-state index in [1.54, 1.807) is 25.1 Å². The van der Waals surface area contributed by atoms with E-state index < -0.39 is 15.4 Å². The van der Waals surface area contributed by atoms with E-state index in [2.05, 4.69) is 0 Å². The maximum absolute atomic E-state index is 13.0. The molecule has 5 nitrogen and oxygen atoms in total. The molecule has 7 heteroatoms. The molecule has 2 saturated heterocycles. The Morgan fingerprint density at radius 1 is 1.50 bits per heavy atom. The van der Waals surface area contributed by atoms with Gasteiger partial charge in [-0.3, -0.25) is 0 Å². The third-order valence-electron chi connectivity index (χ3n) is 4.93. The molecule has 1 aromatic carbocycles. The van der Waals surface area contributed by atoms with Crippen LogP contribution in [-0.4, -0.2) is 50.7 Å². The number of aliphatic hydroxyl groups is 1. The second-order valence-corrected chi connectivity index (χ2v) is 8.53. The third kappa shape index (κ3) is 2.47. The van der Waals surface area contributed by atoms with Gasteiger partial charge in [0.15, 0.2) is 0 Å². The van der Waals surface area contributed by atoms with Crippen molar-refractivity contribution in [3.8, 4) is 0 Å². The fraction of sp³-hybridized carbons (Fsp3) is 0.600. The summed E-state index contributed by atoms with van der Waals surface area (Å²) in [5.41, 5.74) is 0.0889. The maximum atomic E-state index is 13.0. The van der Waals surface area contributed by atoms with Gasteiger partial charge in [0.25, 0.3) is 0 Å². The summed E-state index contributed by atoms with van der Waals surface area (Å²) in [7, 11) is -3.62. The molecular weight excluding hydrogens is 326 g/mol. The van der Waals surface area contributed by atoms with Crippen LogP contribution >= 0.6 is 11.6 Å². The Labute approximate surface area is 135 Å². The highest BCUT2D eigenvalue weighted by atomic mass is 35.5. The lowest BCUT2D eigenvalue weighted by Crippen LogP contribution is -2.43. The van der Waals surface area contributed by atoms with Gasteiger partial charge in [-0.25, -0.2) is 8.42 Å². The Hall–Kier alpha value is -0.660. The zero-order chi connectivity index (χ0) is 16.0. The Morgan fingerprint density at radius 2 is 2.27 bits per heavy atom. The maximum Gasteiger partial charge on any atom is 0.243 e. The number of sulfonamides is 1. The summed E-state index contributed by atoms with van der Waals surface area (Å²) >= 11 is 6.06. The van der Waals surface area contributed by atoms with Crippen molar-refractivity contribution < 1.29 is 18.3 Å². The predicted octanol–water partition coefficient (Wildman–Crippen LogP) is 1.67. The van der Waals surface area contributed by atoms with Gasteiger partial charge in [0, 0.05) is 30.1 Å². The highest BCUT2D eigenvalue weighted by molar-refractivity contribution is 7.89. The Kier molecular flexibility index (Phi) is 4.24. The fourth-order valence-electron chi connectivity index (χ4n) is 3.46. The third-order valence-corrected chi connectivity index (χ3v) is 7.30. The number of rotatable bonds is 3. The second kappa shape index (κ2) is 5.76. The topological polar surface area (TPSA) is 66.8 Å². The molecule has 2 fully saturated rings. The summed E-state index contributed by atoms with van der Waals surface area (Å²) in [4.78, 5) is 0.243. The number of aliphatic hydroxyl groups excluding tert-OH is 1. The van der Waals surface area contributed by atoms with Crippen LogP contribution < -0.4 is 0 Å². The van der Waals surface area contributed by atoms with E-state index >= 15 is 0 Å². The van der Waals surface area contributed by atoms with E-state index in [0.29, 0.717) is 36.9 Å². The first-order valence-corrected chi connectivity index (χ1v) is 9.16. The highest BCUT2D eigenvalue weighted by Gasteiger charge is 2.51. The van der Waals surface area contributed by atoms with Crippen LogP contribution in [0.25, 0.3) is 0 Å². The van der Waals surface area contributed by atoms with E-state index in [4.69, 9.17) is 16.3 Å². The van der Waals surface area contributed by atoms with Crippen molar-refractivity contribution in [1.29, 1.82) is 0 Å². The minimum Gasteiger partial charge on any atom is -0.396 e. The van der Waals surface area contributed by atoms with Crippen LogP contribution in [0.2, 0.25) is 5.02 Å². The summed E-state index contributed by atoms with van der Waals surface area (Å²) in [6.07, 6.45) is 0.779. The molecule has 3 rings (SSSR count). The average Bonchev–Trinajstić information content (AvgIpc) is 2.91. The molecule has 2 aliphatic heterocycles. The molecule has 1 N–H and O–H groups in total. The Morgan fingerprint density at radius 3 is 2.95 bits per heavy atom. The highest BCUT2D eigenvalue weighted by Crippen LogP contribution is 2.43. The van der Waals surface area contributed by atoms with Crippen molar-refractivity contribution in [1.82, 2.24) is 4.31 Å². The molecule has 0 aliphatic carbocycles. The molecule has 0 spiro atoms. The van der Waals surface area contributed by atoms with Gasteiger partial charge in [0.05, 0.1) is 18.1 Å². The van der Waals surface area contributed by atoms with Crippen molar-refractivity contribution in [3.63, 3.8) is 0 Å². The Bertz CT molecular complexity index is 678. The number of ether oxygens (including phenoxy) is 1. The standard InChI is InChI=1S/C15H20ClNO4S/c1-11-13(16)3-2-4-14(11)22(19,20)17-7-12-5-6-21-10-15(12,8-17)9-18/h2-4,12,18H,5-10H2,1H3/t12-,15+/m0/s1. The lowest BCUT2D eigenvalue weighted by Gasteiger charge is -2.36. The molecule has 0 amide bonds.